The maximum atomic E-state index is 12.4. The third-order valence-corrected chi connectivity index (χ3v) is 4.76. The van der Waals surface area contributed by atoms with Crippen LogP contribution in [0.3, 0.4) is 0 Å². The summed E-state index contributed by atoms with van der Waals surface area (Å²) in [5.74, 6) is 0.685. The molecule has 122 valence electrons. The van der Waals surface area contributed by atoms with Crippen molar-refractivity contribution in [3.8, 4) is 10.6 Å². The van der Waals surface area contributed by atoms with Crippen LogP contribution in [0.2, 0.25) is 0 Å². The second-order valence-electron chi connectivity index (χ2n) is 5.41. The highest BCUT2D eigenvalue weighted by Gasteiger charge is 2.16. The lowest BCUT2D eigenvalue weighted by atomic mass is 10.3. The van der Waals surface area contributed by atoms with E-state index in [9.17, 15) is 9.59 Å². The predicted molar refractivity (Wildman–Crippen MR) is 89.1 cm³/mol. The monoisotopic (exact) mass is 343 g/mol. The number of thiophene rings is 1. The molecule has 0 spiro atoms. The van der Waals surface area contributed by atoms with Gasteiger partial charge in [0.05, 0.1) is 17.7 Å². The van der Waals surface area contributed by atoms with Crippen molar-refractivity contribution in [2.45, 2.75) is 6.54 Å². The van der Waals surface area contributed by atoms with Gasteiger partial charge in [-0.1, -0.05) is 11.2 Å². The summed E-state index contributed by atoms with van der Waals surface area (Å²) in [4.78, 5) is 29.5. The number of hydrogen-bond donors (Lipinski definition) is 0. The van der Waals surface area contributed by atoms with Crippen LogP contribution in [0.4, 0.5) is 0 Å². The summed E-state index contributed by atoms with van der Waals surface area (Å²) in [6.45, 7) is 0.332. The minimum absolute atomic E-state index is 0.332. The van der Waals surface area contributed by atoms with Crippen LogP contribution in [0, 0.1) is 0 Å². The quantitative estimate of drug-likeness (QED) is 0.558. The van der Waals surface area contributed by atoms with Crippen LogP contribution in [-0.4, -0.2) is 23.8 Å². The van der Waals surface area contributed by atoms with Crippen LogP contribution >= 0.6 is 11.3 Å². The number of aryl methyl sites for hydroxylation is 1. The summed E-state index contributed by atoms with van der Waals surface area (Å²) >= 11 is 1.56. The Labute approximate surface area is 139 Å². The summed E-state index contributed by atoms with van der Waals surface area (Å²) in [5.41, 5.74) is 0.602. The van der Waals surface area contributed by atoms with Crippen molar-refractivity contribution >= 4 is 22.5 Å². The molecular weight excluding hydrogens is 330 g/mol. The Bertz CT molecular complexity index is 1150. The Morgan fingerprint density at radius 1 is 1.25 bits per heavy atom. The van der Waals surface area contributed by atoms with Crippen molar-refractivity contribution in [3.05, 3.63) is 56.4 Å². The van der Waals surface area contributed by atoms with Crippen molar-refractivity contribution in [2.75, 3.05) is 0 Å². The molecular formula is C15H13N5O3S. The van der Waals surface area contributed by atoms with Gasteiger partial charge in [-0.15, -0.1) is 11.3 Å². The fourth-order valence-electron chi connectivity index (χ4n) is 2.61. The summed E-state index contributed by atoms with van der Waals surface area (Å²) in [7, 11) is 3.04. The smallest absolute Gasteiger partial charge is 0.332 e. The average molecular weight is 343 g/mol. The molecule has 0 aromatic carbocycles. The lowest BCUT2D eigenvalue weighted by molar-refractivity contribution is 0.422. The fraction of sp³-hybridized carbons (Fsp3) is 0.200. The molecule has 0 unspecified atom stereocenters. The minimum Gasteiger partial charge on any atom is -0.355 e. The number of imidazole rings is 1. The largest absolute Gasteiger partial charge is 0.355 e. The number of nitrogens with zero attached hydrogens (tertiary/aromatic N) is 5. The van der Waals surface area contributed by atoms with Gasteiger partial charge in [-0.05, 0) is 11.4 Å². The van der Waals surface area contributed by atoms with Crippen LogP contribution < -0.4 is 11.2 Å². The van der Waals surface area contributed by atoms with E-state index in [1.807, 2.05) is 23.6 Å². The zero-order chi connectivity index (χ0) is 16.8. The number of rotatable bonds is 3. The molecule has 0 amide bonds. The van der Waals surface area contributed by atoms with E-state index in [4.69, 9.17) is 4.52 Å². The van der Waals surface area contributed by atoms with E-state index < -0.39 is 5.69 Å². The molecule has 4 aromatic rings. The predicted octanol–water partition coefficient (Wildman–Crippen LogP) is 1.20. The topological polar surface area (TPSA) is 87.8 Å². The van der Waals surface area contributed by atoms with Crippen LogP contribution in [0.15, 0.2) is 44.0 Å². The van der Waals surface area contributed by atoms with Crippen molar-refractivity contribution in [1.82, 2.24) is 23.8 Å². The number of hydrogen-bond acceptors (Lipinski definition) is 6. The average Bonchev–Trinajstić information content (AvgIpc) is 3.31. The Morgan fingerprint density at radius 2 is 2.08 bits per heavy atom. The van der Waals surface area contributed by atoms with Crippen molar-refractivity contribution in [2.24, 2.45) is 14.1 Å². The van der Waals surface area contributed by atoms with Gasteiger partial charge < -0.3 is 9.09 Å². The van der Waals surface area contributed by atoms with E-state index in [0.29, 0.717) is 29.2 Å². The maximum Gasteiger partial charge on any atom is 0.332 e. The second-order valence-corrected chi connectivity index (χ2v) is 6.36. The Hall–Kier alpha value is -2.94. The van der Waals surface area contributed by atoms with Crippen LogP contribution in [0.1, 0.15) is 5.69 Å². The van der Waals surface area contributed by atoms with Crippen molar-refractivity contribution < 1.29 is 4.52 Å². The molecule has 0 N–H and O–H groups in total. The molecule has 4 rings (SSSR count). The molecule has 0 atom stereocenters. The minimum atomic E-state index is -0.404. The Kier molecular flexibility index (Phi) is 3.24. The molecule has 4 aromatic heterocycles. The Balaban J connectivity index is 1.79. The molecule has 4 heterocycles. The molecule has 0 fully saturated rings. The zero-order valence-electron chi connectivity index (χ0n) is 13.0. The van der Waals surface area contributed by atoms with Gasteiger partial charge in [-0.3, -0.25) is 13.9 Å². The third kappa shape index (κ3) is 2.13. The first-order chi connectivity index (χ1) is 11.6. The van der Waals surface area contributed by atoms with Crippen molar-refractivity contribution in [1.29, 1.82) is 0 Å². The van der Waals surface area contributed by atoms with E-state index in [2.05, 4.69) is 10.1 Å². The second kappa shape index (κ2) is 5.31. The molecule has 0 aliphatic carbocycles. The van der Waals surface area contributed by atoms with Crippen molar-refractivity contribution in [3.63, 3.8) is 0 Å². The summed E-state index contributed by atoms with van der Waals surface area (Å²) in [6.07, 6.45) is 1.53. The molecule has 0 radical (unpaired) electrons. The van der Waals surface area contributed by atoms with Gasteiger partial charge in [0.15, 0.2) is 16.9 Å². The summed E-state index contributed by atoms with van der Waals surface area (Å²) < 4.78 is 9.45. The zero-order valence-corrected chi connectivity index (χ0v) is 13.8. The highest BCUT2D eigenvalue weighted by Crippen LogP contribution is 2.25. The van der Waals surface area contributed by atoms with E-state index >= 15 is 0 Å². The third-order valence-electron chi connectivity index (χ3n) is 3.87. The molecule has 0 bridgehead atoms. The Morgan fingerprint density at radius 3 is 2.83 bits per heavy atom. The molecule has 24 heavy (non-hydrogen) atoms. The lowest BCUT2D eigenvalue weighted by Crippen LogP contribution is -2.37. The van der Waals surface area contributed by atoms with E-state index in [0.717, 1.165) is 9.44 Å². The molecule has 0 saturated carbocycles. The summed E-state index contributed by atoms with van der Waals surface area (Å²) in [6, 6.07) is 5.73. The fourth-order valence-corrected chi connectivity index (χ4v) is 3.29. The van der Waals surface area contributed by atoms with Gasteiger partial charge in [0.1, 0.15) is 5.69 Å². The lowest BCUT2D eigenvalue weighted by Gasteiger charge is -2.05. The van der Waals surface area contributed by atoms with Crippen LogP contribution in [0.5, 0.6) is 0 Å². The van der Waals surface area contributed by atoms with Gasteiger partial charge in [0.2, 0.25) is 0 Å². The van der Waals surface area contributed by atoms with E-state index in [1.54, 1.807) is 23.0 Å². The first-order valence-corrected chi connectivity index (χ1v) is 8.04. The number of aromatic nitrogens is 5. The van der Waals surface area contributed by atoms with Crippen LogP contribution in [0.25, 0.3) is 21.8 Å². The van der Waals surface area contributed by atoms with Gasteiger partial charge in [0.25, 0.3) is 5.56 Å². The van der Waals surface area contributed by atoms with E-state index in [-0.39, 0.29) is 5.56 Å². The normalized spacial score (nSPS) is 11.4. The molecule has 0 saturated heterocycles. The molecule has 0 aliphatic rings. The van der Waals surface area contributed by atoms with Crippen LogP contribution in [-0.2, 0) is 20.6 Å². The first-order valence-electron chi connectivity index (χ1n) is 7.16. The van der Waals surface area contributed by atoms with Gasteiger partial charge in [-0.25, -0.2) is 9.78 Å². The summed E-state index contributed by atoms with van der Waals surface area (Å²) in [5, 5.41) is 6.02. The number of fused-ring (bicyclic) bond motifs is 1. The van der Waals surface area contributed by atoms with E-state index in [1.165, 1.54) is 17.9 Å². The molecule has 0 aliphatic heterocycles. The highest BCUT2D eigenvalue weighted by molar-refractivity contribution is 7.13. The van der Waals surface area contributed by atoms with Gasteiger partial charge in [0, 0.05) is 20.2 Å². The van der Waals surface area contributed by atoms with Gasteiger partial charge in [-0.2, -0.15) is 0 Å². The van der Waals surface area contributed by atoms with Gasteiger partial charge >= 0.3 is 5.69 Å². The standard InChI is InChI=1S/C15H13N5O3S/c1-18-13-12(14(21)19(2)15(18)22)20(8-16-13)7-9-6-10(23-17-9)11-4-3-5-24-11/h3-6,8H,7H2,1-2H3. The first kappa shape index (κ1) is 14.6. The highest BCUT2D eigenvalue weighted by atomic mass is 32.1. The SMILES string of the molecule is Cn1c(=O)c2c(ncn2Cc2cc(-c3cccs3)on2)n(C)c1=O. The molecule has 8 nitrogen and oxygen atoms in total. The molecule has 9 heteroatoms. The maximum absolute atomic E-state index is 12.4.